The number of aromatic nitrogens is 1. The van der Waals surface area contributed by atoms with E-state index < -0.39 is 17.4 Å². The molecular formula is C23H33N5O5S. The molecule has 0 bridgehead atoms. The maximum absolute atomic E-state index is 12.9. The van der Waals surface area contributed by atoms with E-state index in [4.69, 9.17) is 14.9 Å². The van der Waals surface area contributed by atoms with Crippen LogP contribution in [0.5, 0.6) is 5.88 Å². The van der Waals surface area contributed by atoms with Crippen LogP contribution in [0.1, 0.15) is 50.8 Å². The van der Waals surface area contributed by atoms with Crippen LogP contribution >= 0.6 is 0 Å². The number of aryl methyl sites for hydroxylation is 1. The van der Waals surface area contributed by atoms with Gasteiger partial charge in [0.15, 0.2) is 5.76 Å². The lowest BCUT2D eigenvalue weighted by Gasteiger charge is -2.19. The average Bonchev–Trinajstić information content (AvgIpc) is 2.94. The summed E-state index contributed by atoms with van der Waals surface area (Å²) in [5.41, 5.74) is 2.71. The molecule has 2 rings (SSSR count). The summed E-state index contributed by atoms with van der Waals surface area (Å²) in [7, 11) is 1.52. The molecule has 4 N–H and O–H groups in total. The Kier molecular flexibility index (Phi) is 9.94. The van der Waals surface area contributed by atoms with E-state index in [1.807, 2.05) is 13.8 Å². The molecule has 1 fully saturated rings. The van der Waals surface area contributed by atoms with Crippen molar-refractivity contribution in [1.82, 2.24) is 15.0 Å². The van der Waals surface area contributed by atoms with Gasteiger partial charge in [0.05, 0.1) is 31.3 Å². The minimum atomic E-state index is -2.04. The zero-order valence-electron chi connectivity index (χ0n) is 20.2. The lowest BCUT2D eigenvalue weighted by atomic mass is 10.00. The third-order valence-corrected chi connectivity index (χ3v) is 6.30. The minimum Gasteiger partial charge on any atom is -0.588 e. The van der Waals surface area contributed by atoms with Crippen LogP contribution in [0.25, 0.3) is 0 Å². The molecule has 0 aliphatic carbocycles. The molecule has 2 atom stereocenters. The summed E-state index contributed by atoms with van der Waals surface area (Å²) in [5, 5.41) is 13.2. The molecule has 0 radical (unpaired) electrons. The van der Waals surface area contributed by atoms with Gasteiger partial charge in [-0.2, -0.15) is 0 Å². The van der Waals surface area contributed by atoms with Gasteiger partial charge in [-0.3, -0.25) is 4.79 Å². The second-order valence-corrected chi connectivity index (χ2v) is 9.55. The van der Waals surface area contributed by atoms with Crippen molar-refractivity contribution in [2.45, 2.75) is 46.5 Å². The van der Waals surface area contributed by atoms with E-state index in [0.717, 1.165) is 17.4 Å². The molecule has 1 aliphatic heterocycles. The number of rotatable bonds is 8. The number of hydrogen-bond acceptors (Lipinski definition) is 7. The van der Waals surface area contributed by atoms with Crippen LogP contribution in [0.4, 0.5) is 10.5 Å². The second kappa shape index (κ2) is 12.4. The molecule has 1 aliphatic rings. The first-order chi connectivity index (χ1) is 16.0. The Labute approximate surface area is 203 Å². The number of amides is 3. The highest BCUT2D eigenvalue weighted by Crippen LogP contribution is 2.30. The Morgan fingerprint density at radius 2 is 2.18 bits per heavy atom. The monoisotopic (exact) mass is 491 g/mol. The van der Waals surface area contributed by atoms with Gasteiger partial charge in [-0.05, 0) is 24.8 Å². The molecule has 10 nitrogen and oxygen atoms in total. The number of urea groups is 1. The fourth-order valence-corrected chi connectivity index (χ4v) is 4.29. The first-order valence-electron chi connectivity index (χ1n) is 10.9. The summed E-state index contributed by atoms with van der Waals surface area (Å²) < 4.78 is 26.3. The average molecular weight is 492 g/mol. The van der Waals surface area contributed by atoms with E-state index in [2.05, 4.69) is 26.9 Å². The summed E-state index contributed by atoms with van der Waals surface area (Å²) in [6.45, 7) is 11.9. The van der Waals surface area contributed by atoms with E-state index >= 15 is 0 Å². The van der Waals surface area contributed by atoms with E-state index in [0.29, 0.717) is 36.0 Å². The van der Waals surface area contributed by atoms with Gasteiger partial charge in [-0.1, -0.05) is 26.0 Å². The van der Waals surface area contributed by atoms with Crippen LogP contribution in [0.2, 0.25) is 0 Å². The predicted molar refractivity (Wildman–Crippen MR) is 132 cm³/mol. The molecule has 2 unspecified atom stereocenters. The molecule has 1 aromatic rings. The highest BCUT2D eigenvalue weighted by molar-refractivity contribution is 7.94. The fourth-order valence-electron chi connectivity index (χ4n) is 3.52. The second-order valence-electron chi connectivity index (χ2n) is 8.37. The molecule has 0 spiro atoms. The zero-order valence-corrected chi connectivity index (χ0v) is 21.1. The van der Waals surface area contributed by atoms with Gasteiger partial charge in [0.1, 0.15) is 11.4 Å². The zero-order chi connectivity index (χ0) is 25.4. The molecule has 1 aromatic heterocycles. The minimum absolute atomic E-state index is 0.00517. The summed E-state index contributed by atoms with van der Waals surface area (Å²) in [6, 6.07) is 1.05. The quantitative estimate of drug-likeness (QED) is 0.249. The van der Waals surface area contributed by atoms with Crippen LogP contribution in [-0.4, -0.2) is 48.0 Å². The number of ether oxygens (including phenoxy) is 2. The van der Waals surface area contributed by atoms with Crippen molar-refractivity contribution in [3.8, 4) is 5.88 Å². The SMILES string of the molecule is C=C1C/C(=C(\C=N)[S+]([O-])NC(=O)Nc2c(C(C)C)cc(OC)nc2C)OCC(CNC(C)=O)C1. The number of hydrogen-bond donors (Lipinski definition) is 4. The molecule has 34 heavy (non-hydrogen) atoms. The number of anilines is 1. The Hall–Kier alpha value is -3.05. The third-order valence-electron chi connectivity index (χ3n) is 5.19. The van der Waals surface area contributed by atoms with Crippen molar-refractivity contribution < 1.29 is 23.6 Å². The van der Waals surface area contributed by atoms with Crippen molar-refractivity contribution in [3.63, 3.8) is 0 Å². The number of allylic oxidation sites excluding steroid dienone is 2. The maximum Gasteiger partial charge on any atom is 0.361 e. The van der Waals surface area contributed by atoms with Crippen LogP contribution in [-0.2, 0) is 20.9 Å². The van der Waals surface area contributed by atoms with Crippen LogP contribution in [0.3, 0.4) is 0 Å². The summed E-state index contributed by atoms with van der Waals surface area (Å²) in [6.07, 6.45) is 1.82. The standard InChI is InChI=1S/C23H33N5O5S/c1-13(2)18-9-21(32-6)26-15(4)22(18)27-23(30)28-34(31)20(10-24)19-8-14(3)7-17(12-33-19)11-25-16(5)29/h9-10,13,17,24H,3,7-8,11-12H2,1-2,4-6H3,(H,25,29)(H2,27,28,30)/b20-19-,24-10?. The number of nitrogens with zero attached hydrogens (tertiary/aromatic N) is 1. The Morgan fingerprint density at radius 1 is 1.47 bits per heavy atom. The number of carbonyl (C=O) groups is 2. The molecule has 186 valence electrons. The Balaban J connectivity index is 2.15. The molecule has 11 heteroatoms. The number of nitrogens with one attached hydrogen (secondary N) is 4. The first-order valence-corrected chi connectivity index (χ1v) is 12.0. The van der Waals surface area contributed by atoms with E-state index in [1.54, 1.807) is 13.0 Å². The van der Waals surface area contributed by atoms with Gasteiger partial charge in [-0.15, -0.1) is 4.72 Å². The van der Waals surface area contributed by atoms with Gasteiger partial charge in [0.2, 0.25) is 16.7 Å². The normalized spacial score (nSPS) is 18.3. The number of carbonyl (C=O) groups excluding carboxylic acids is 2. The van der Waals surface area contributed by atoms with Crippen molar-refractivity contribution in [1.29, 1.82) is 5.41 Å². The lowest BCUT2D eigenvalue weighted by Crippen LogP contribution is -2.36. The van der Waals surface area contributed by atoms with Crippen LogP contribution in [0.15, 0.2) is 28.9 Å². The highest BCUT2D eigenvalue weighted by atomic mass is 32.2. The largest absolute Gasteiger partial charge is 0.588 e. The lowest BCUT2D eigenvalue weighted by molar-refractivity contribution is -0.119. The smallest absolute Gasteiger partial charge is 0.361 e. The van der Waals surface area contributed by atoms with Gasteiger partial charge < -0.3 is 30.1 Å². The van der Waals surface area contributed by atoms with Crippen LogP contribution < -0.4 is 20.1 Å². The Morgan fingerprint density at radius 3 is 2.76 bits per heavy atom. The predicted octanol–water partition coefficient (Wildman–Crippen LogP) is 3.29. The van der Waals surface area contributed by atoms with Crippen molar-refractivity contribution in [3.05, 3.63) is 40.1 Å². The van der Waals surface area contributed by atoms with Gasteiger partial charge in [0, 0.05) is 31.9 Å². The first kappa shape index (κ1) is 27.2. The van der Waals surface area contributed by atoms with E-state index in [1.165, 1.54) is 14.0 Å². The highest BCUT2D eigenvalue weighted by Gasteiger charge is 2.28. The molecule has 3 amide bonds. The Bertz CT molecular complexity index is 979. The maximum atomic E-state index is 12.9. The molecule has 2 heterocycles. The summed E-state index contributed by atoms with van der Waals surface area (Å²) in [5.74, 6) is 0.699. The molecule has 0 saturated carbocycles. The topological polar surface area (TPSA) is 148 Å². The van der Waals surface area contributed by atoms with Gasteiger partial charge >= 0.3 is 6.03 Å². The number of methoxy groups -OCH3 is 1. The summed E-state index contributed by atoms with van der Waals surface area (Å²) in [4.78, 5) is 28.2. The number of pyridine rings is 1. The van der Waals surface area contributed by atoms with Crippen molar-refractivity contribution >= 4 is 35.2 Å². The van der Waals surface area contributed by atoms with Gasteiger partial charge in [-0.25, -0.2) is 9.78 Å². The van der Waals surface area contributed by atoms with Crippen LogP contribution in [0, 0.1) is 18.3 Å². The van der Waals surface area contributed by atoms with Crippen molar-refractivity contribution in [2.24, 2.45) is 5.92 Å². The molecule has 1 saturated heterocycles. The third kappa shape index (κ3) is 7.49. The van der Waals surface area contributed by atoms with E-state index in [9.17, 15) is 14.1 Å². The molecule has 0 aromatic carbocycles. The molecular weight excluding hydrogens is 458 g/mol. The summed E-state index contributed by atoms with van der Waals surface area (Å²) >= 11 is -2.04. The fraction of sp³-hybridized carbons (Fsp3) is 0.478. The van der Waals surface area contributed by atoms with Crippen molar-refractivity contribution in [2.75, 3.05) is 25.6 Å². The van der Waals surface area contributed by atoms with Gasteiger partial charge in [0.25, 0.3) is 0 Å². The van der Waals surface area contributed by atoms with E-state index in [-0.39, 0.29) is 35.7 Å².